The first-order valence-electron chi connectivity index (χ1n) is 8.60. The SMILES string of the molecule is C=C/C(=C\C(N)C(=N/C=C\CN)C1CC1)B1OC(C)(C)C(C)(C)O1. The van der Waals surface area contributed by atoms with Gasteiger partial charge in [0.05, 0.1) is 17.2 Å². The standard InChI is InChI=1S/C18H30BN3O2/c1-6-14(19-23-17(2,3)18(4,5)24-19)12-15(21)16(13-8-9-13)22-11-7-10-20/h6-7,11-13,15H,1,8-10,20-21H2,2-5H3/b11-7-,14-12+,22-16?. The maximum absolute atomic E-state index is 6.39. The molecule has 1 heterocycles. The summed E-state index contributed by atoms with van der Waals surface area (Å²) in [7, 11) is -0.460. The van der Waals surface area contributed by atoms with Crippen LogP contribution in [0.5, 0.6) is 0 Å². The zero-order valence-corrected chi connectivity index (χ0v) is 15.3. The summed E-state index contributed by atoms with van der Waals surface area (Å²) in [5.74, 6) is 0.461. The van der Waals surface area contributed by atoms with Crippen LogP contribution < -0.4 is 11.5 Å². The summed E-state index contributed by atoms with van der Waals surface area (Å²) >= 11 is 0. The average molecular weight is 331 g/mol. The number of aliphatic imine (C=N–C) groups is 1. The third-order valence-electron chi connectivity index (χ3n) is 4.94. The van der Waals surface area contributed by atoms with E-state index < -0.39 is 7.12 Å². The van der Waals surface area contributed by atoms with Crippen molar-refractivity contribution in [2.24, 2.45) is 22.4 Å². The minimum atomic E-state index is -0.460. The van der Waals surface area contributed by atoms with Gasteiger partial charge in [0, 0.05) is 18.5 Å². The molecular weight excluding hydrogens is 301 g/mol. The van der Waals surface area contributed by atoms with E-state index in [4.69, 9.17) is 20.8 Å². The normalized spacial score (nSPS) is 25.3. The van der Waals surface area contributed by atoms with Crippen molar-refractivity contribution in [3.63, 3.8) is 0 Å². The summed E-state index contributed by atoms with van der Waals surface area (Å²) in [4.78, 5) is 4.52. The van der Waals surface area contributed by atoms with Gasteiger partial charge in [-0.25, -0.2) is 0 Å². The second kappa shape index (κ2) is 7.36. The van der Waals surface area contributed by atoms with Crippen molar-refractivity contribution in [1.82, 2.24) is 0 Å². The molecule has 0 spiro atoms. The molecule has 0 aromatic carbocycles. The maximum Gasteiger partial charge on any atom is 0.494 e. The Balaban J connectivity index is 2.18. The molecule has 2 aliphatic rings. The Kier molecular flexibility index (Phi) is 5.86. The molecule has 0 aromatic heterocycles. The van der Waals surface area contributed by atoms with E-state index in [1.165, 1.54) is 0 Å². The van der Waals surface area contributed by atoms with Crippen LogP contribution in [0.15, 0.2) is 41.5 Å². The number of nitrogens with two attached hydrogens (primary N) is 2. The quantitative estimate of drug-likeness (QED) is 0.426. The van der Waals surface area contributed by atoms with E-state index in [0.717, 1.165) is 24.0 Å². The van der Waals surface area contributed by atoms with Crippen molar-refractivity contribution in [2.75, 3.05) is 6.54 Å². The third-order valence-corrected chi connectivity index (χ3v) is 4.94. The van der Waals surface area contributed by atoms with Crippen molar-refractivity contribution in [1.29, 1.82) is 0 Å². The van der Waals surface area contributed by atoms with Gasteiger partial charge in [-0.05, 0) is 51.9 Å². The van der Waals surface area contributed by atoms with Crippen molar-refractivity contribution >= 4 is 12.8 Å². The van der Waals surface area contributed by atoms with Crippen molar-refractivity contribution in [3.05, 3.63) is 36.5 Å². The van der Waals surface area contributed by atoms with Crippen LogP contribution in [0.2, 0.25) is 0 Å². The van der Waals surface area contributed by atoms with Gasteiger partial charge in [0.1, 0.15) is 0 Å². The highest BCUT2D eigenvalue weighted by atomic mass is 16.7. The minimum Gasteiger partial charge on any atom is -0.399 e. The third kappa shape index (κ3) is 4.25. The Morgan fingerprint density at radius 2 is 1.88 bits per heavy atom. The summed E-state index contributed by atoms with van der Waals surface area (Å²) in [6, 6.07) is -0.285. The smallest absolute Gasteiger partial charge is 0.399 e. The van der Waals surface area contributed by atoms with E-state index in [1.807, 2.05) is 39.8 Å². The Morgan fingerprint density at radius 1 is 1.29 bits per heavy atom. The van der Waals surface area contributed by atoms with E-state index in [2.05, 4.69) is 11.6 Å². The number of hydrogen-bond donors (Lipinski definition) is 2. The molecule has 1 unspecified atom stereocenters. The molecule has 1 saturated carbocycles. The van der Waals surface area contributed by atoms with Crippen molar-refractivity contribution in [3.8, 4) is 0 Å². The van der Waals surface area contributed by atoms with Gasteiger partial charge < -0.3 is 20.8 Å². The fraction of sp³-hybridized carbons (Fsp3) is 0.611. The van der Waals surface area contributed by atoms with Crippen LogP contribution >= 0.6 is 0 Å². The Labute approximate surface area is 146 Å². The molecule has 132 valence electrons. The molecule has 4 N–H and O–H groups in total. The molecule has 0 bridgehead atoms. The van der Waals surface area contributed by atoms with Crippen LogP contribution in [0.3, 0.4) is 0 Å². The molecule has 0 aromatic rings. The van der Waals surface area contributed by atoms with Gasteiger partial charge in [0.25, 0.3) is 0 Å². The monoisotopic (exact) mass is 331 g/mol. The fourth-order valence-corrected chi connectivity index (χ4v) is 2.56. The lowest BCUT2D eigenvalue weighted by molar-refractivity contribution is 0.00578. The fourth-order valence-electron chi connectivity index (χ4n) is 2.56. The molecule has 1 atom stereocenters. The van der Waals surface area contributed by atoms with Crippen LogP contribution in [0.4, 0.5) is 0 Å². The second-order valence-electron chi connectivity index (χ2n) is 7.43. The predicted molar refractivity (Wildman–Crippen MR) is 101 cm³/mol. The number of rotatable bonds is 7. The molecular formula is C18H30BN3O2. The van der Waals surface area contributed by atoms with Gasteiger partial charge in [0.15, 0.2) is 0 Å². The van der Waals surface area contributed by atoms with Crippen LogP contribution in [-0.4, -0.2) is 36.6 Å². The Morgan fingerprint density at radius 3 is 2.33 bits per heavy atom. The van der Waals surface area contributed by atoms with Gasteiger partial charge in [-0.15, -0.1) is 0 Å². The first-order chi connectivity index (χ1) is 11.2. The summed E-state index contributed by atoms with van der Waals surface area (Å²) in [5.41, 5.74) is 12.9. The van der Waals surface area contributed by atoms with E-state index in [0.29, 0.717) is 12.5 Å². The molecule has 1 saturated heterocycles. The lowest BCUT2D eigenvalue weighted by atomic mass is 9.76. The van der Waals surface area contributed by atoms with Gasteiger partial charge in [-0.2, -0.15) is 0 Å². The first kappa shape index (κ1) is 19.1. The largest absolute Gasteiger partial charge is 0.494 e. The molecule has 0 amide bonds. The van der Waals surface area contributed by atoms with Crippen LogP contribution in [0, 0.1) is 5.92 Å². The van der Waals surface area contributed by atoms with Crippen molar-refractivity contribution in [2.45, 2.75) is 57.8 Å². The van der Waals surface area contributed by atoms with Gasteiger partial charge >= 0.3 is 7.12 Å². The zero-order chi connectivity index (χ0) is 18.0. The van der Waals surface area contributed by atoms with Gasteiger partial charge in [-0.1, -0.05) is 24.8 Å². The molecule has 2 rings (SSSR count). The highest BCUT2D eigenvalue weighted by Gasteiger charge is 2.52. The summed E-state index contributed by atoms with van der Waals surface area (Å²) < 4.78 is 12.2. The lowest BCUT2D eigenvalue weighted by Gasteiger charge is -2.32. The molecule has 6 heteroatoms. The first-order valence-corrected chi connectivity index (χ1v) is 8.60. The molecule has 1 aliphatic heterocycles. The highest BCUT2D eigenvalue weighted by Crippen LogP contribution is 2.39. The van der Waals surface area contributed by atoms with E-state index >= 15 is 0 Å². The summed E-state index contributed by atoms with van der Waals surface area (Å²) in [6.07, 6.45) is 9.53. The zero-order valence-electron chi connectivity index (χ0n) is 15.3. The predicted octanol–water partition coefficient (Wildman–Crippen LogP) is 2.38. The van der Waals surface area contributed by atoms with E-state index in [1.54, 1.807) is 12.3 Å². The highest BCUT2D eigenvalue weighted by molar-refractivity contribution is 6.55. The molecule has 5 nitrogen and oxygen atoms in total. The number of hydrogen-bond acceptors (Lipinski definition) is 5. The summed E-state index contributed by atoms with van der Waals surface area (Å²) in [5, 5.41) is 0. The number of allylic oxidation sites excluding steroid dienone is 2. The van der Waals surface area contributed by atoms with Gasteiger partial charge in [0.2, 0.25) is 0 Å². The van der Waals surface area contributed by atoms with E-state index in [-0.39, 0.29) is 17.2 Å². The number of nitrogens with zero attached hydrogens (tertiary/aromatic N) is 1. The Hall–Kier alpha value is -1.21. The minimum absolute atomic E-state index is 0.285. The van der Waals surface area contributed by atoms with Crippen LogP contribution in [-0.2, 0) is 9.31 Å². The van der Waals surface area contributed by atoms with Crippen molar-refractivity contribution < 1.29 is 9.31 Å². The molecule has 2 fully saturated rings. The Bertz CT molecular complexity index is 547. The van der Waals surface area contributed by atoms with Crippen LogP contribution in [0.1, 0.15) is 40.5 Å². The van der Waals surface area contributed by atoms with Crippen LogP contribution in [0.25, 0.3) is 0 Å². The topological polar surface area (TPSA) is 82.9 Å². The second-order valence-corrected chi connectivity index (χ2v) is 7.43. The molecule has 24 heavy (non-hydrogen) atoms. The van der Waals surface area contributed by atoms with E-state index in [9.17, 15) is 0 Å². The molecule has 1 aliphatic carbocycles. The van der Waals surface area contributed by atoms with Gasteiger partial charge in [-0.3, -0.25) is 4.99 Å². The molecule has 0 radical (unpaired) electrons. The average Bonchev–Trinajstić information content (AvgIpc) is 3.28. The maximum atomic E-state index is 6.39. The summed E-state index contributed by atoms with van der Waals surface area (Å²) in [6.45, 7) is 12.5. The lowest BCUT2D eigenvalue weighted by Crippen LogP contribution is -2.41.